The quantitative estimate of drug-likeness (QED) is 0.885. The summed E-state index contributed by atoms with van der Waals surface area (Å²) in [6.07, 6.45) is 0.789. The molecule has 4 heteroatoms. The molecule has 0 bridgehead atoms. The van der Waals surface area contributed by atoms with Crippen LogP contribution in [0.25, 0.3) is 0 Å². The molecule has 0 spiro atoms. The van der Waals surface area contributed by atoms with Gasteiger partial charge >= 0.3 is 0 Å². The number of phenols is 1. The average molecular weight is 287 g/mol. The molecule has 2 aromatic carbocycles. The second-order valence-electron chi connectivity index (χ2n) is 5.02. The minimum absolute atomic E-state index is 0.0868. The van der Waals surface area contributed by atoms with Crippen molar-refractivity contribution < 1.29 is 14.3 Å². The van der Waals surface area contributed by atoms with Gasteiger partial charge in [-0.05, 0) is 30.0 Å². The van der Waals surface area contributed by atoms with E-state index in [-0.39, 0.29) is 11.3 Å². The van der Waals surface area contributed by atoms with Crippen molar-refractivity contribution in [3.63, 3.8) is 0 Å². The minimum Gasteiger partial charge on any atom is -0.507 e. The predicted molar refractivity (Wildman–Crippen MR) is 79.9 cm³/mol. The third-order valence-corrected chi connectivity index (χ3v) is 3.44. The number of carbonyl (C=O) groups excluding carboxylic acids is 1. The van der Waals surface area contributed by atoms with Gasteiger partial charge < -0.3 is 10.4 Å². The summed E-state index contributed by atoms with van der Waals surface area (Å²) in [5.74, 6) is -0.980. The summed E-state index contributed by atoms with van der Waals surface area (Å²) in [4.78, 5) is 11.9. The molecule has 0 aliphatic rings. The first-order chi connectivity index (χ1) is 10.1. The molecule has 2 aromatic rings. The van der Waals surface area contributed by atoms with E-state index in [9.17, 15) is 14.3 Å². The molecule has 2 rings (SSSR count). The molecule has 110 valence electrons. The number of benzene rings is 2. The molecule has 3 nitrogen and oxygen atoms in total. The van der Waals surface area contributed by atoms with Crippen LogP contribution in [0.2, 0.25) is 0 Å². The lowest BCUT2D eigenvalue weighted by molar-refractivity contribution is 0.0950. The summed E-state index contributed by atoms with van der Waals surface area (Å²) in [5, 5.41) is 12.3. The molecule has 0 fully saturated rings. The highest BCUT2D eigenvalue weighted by Crippen LogP contribution is 2.19. The molecule has 1 amide bonds. The van der Waals surface area contributed by atoms with Crippen molar-refractivity contribution >= 4 is 5.91 Å². The van der Waals surface area contributed by atoms with Crippen LogP contribution < -0.4 is 5.32 Å². The van der Waals surface area contributed by atoms with Gasteiger partial charge in [0.15, 0.2) is 0 Å². The Bertz CT molecular complexity index is 613. The van der Waals surface area contributed by atoms with Gasteiger partial charge in [0.1, 0.15) is 11.6 Å². The Hall–Kier alpha value is -2.36. The maximum Gasteiger partial charge on any atom is 0.255 e. The summed E-state index contributed by atoms with van der Waals surface area (Å²) in [5.41, 5.74) is 1.31. The van der Waals surface area contributed by atoms with Crippen molar-refractivity contribution in [3.05, 3.63) is 65.5 Å². The fourth-order valence-corrected chi connectivity index (χ4v) is 2.14. The molecule has 1 atom stereocenters. The van der Waals surface area contributed by atoms with Crippen LogP contribution in [-0.2, 0) is 0 Å². The van der Waals surface area contributed by atoms with E-state index in [1.807, 2.05) is 18.2 Å². The molecule has 0 aliphatic heterocycles. The van der Waals surface area contributed by atoms with Gasteiger partial charge in [-0.2, -0.15) is 0 Å². The molecule has 0 aromatic heterocycles. The van der Waals surface area contributed by atoms with Crippen LogP contribution >= 0.6 is 0 Å². The first-order valence-electron chi connectivity index (χ1n) is 6.89. The van der Waals surface area contributed by atoms with Crippen LogP contribution in [0.4, 0.5) is 4.39 Å². The van der Waals surface area contributed by atoms with Crippen LogP contribution in [0.1, 0.15) is 35.2 Å². The highest BCUT2D eigenvalue weighted by Gasteiger charge is 2.12. The number of aromatic hydroxyl groups is 1. The Balaban J connectivity index is 1.87. The topological polar surface area (TPSA) is 49.3 Å². The summed E-state index contributed by atoms with van der Waals surface area (Å²) in [7, 11) is 0. The van der Waals surface area contributed by atoms with E-state index in [2.05, 4.69) is 24.4 Å². The van der Waals surface area contributed by atoms with E-state index < -0.39 is 11.7 Å². The highest BCUT2D eigenvalue weighted by molar-refractivity contribution is 5.96. The summed E-state index contributed by atoms with van der Waals surface area (Å²) >= 11 is 0. The van der Waals surface area contributed by atoms with E-state index in [4.69, 9.17) is 0 Å². The minimum atomic E-state index is -0.568. The molecule has 2 N–H and O–H groups in total. The lowest BCUT2D eigenvalue weighted by Gasteiger charge is -2.12. The summed E-state index contributed by atoms with van der Waals surface area (Å²) < 4.78 is 12.9. The first kappa shape index (κ1) is 15.0. The van der Waals surface area contributed by atoms with Gasteiger partial charge in [0.05, 0.1) is 5.56 Å². The van der Waals surface area contributed by atoms with Gasteiger partial charge in [-0.1, -0.05) is 37.3 Å². The fourth-order valence-electron chi connectivity index (χ4n) is 2.14. The van der Waals surface area contributed by atoms with Crippen molar-refractivity contribution in [2.75, 3.05) is 6.54 Å². The first-order valence-corrected chi connectivity index (χ1v) is 6.89. The molecule has 0 heterocycles. The van der Waals surface area contributed by atoms with Gasteiger partial charge in [0.25, 0.3) is 5.91 Å². The third-order valence-electron chi connectivity index (χ3n) is 3.44. The summed E-state index contributed by atoms with van der Waals surface area (Å²) in [6.45, 7) is 2.59. The largest absolute Gasteiger partial charge is 0.507 e. The van der Waals surface area contributed by atoms with E-state index in [1.165, 1.54) is 11.6 Å². The number of hydrogen-bond donors (Lipinski definition) is 2. The fraction of sp³-hybridized carbons (Fsp3) is 0.235. The van der Waals surface area contributed by atoms with Crippen molar-refractivity contribution in [2.45, 2.75) is 19.3 Å². The van der Waals surface area contributed by atoms with Crippen molar-refractivity contribution in [1.82, 2.24) is 5.32 Å². The molecule has 0 aliphatic carbocycles. The normalized spacial score (nSPS) is 11.9. The Labute approximate surface area is 123 Å². The zero-order valence-corrected chi connectivity index (χ0v) is 11.8. The van der Waals surface area contributed by atoms with Crippen molar-refractivity contribution in [1.29, 1.82) is 0 Å². The molecule has 0 saturated heterocycles. The van der Waals surface area contributed by atoms with E-state index in [1.54, 1.807) is 0 Å². The number of rotatable bonds is 5. The highest BCUT2D eigenvalue weighted by atomic mass is 19.1. The molecule has 0 radical (unpaired) electrons. The van der Waals surface area contributed by atoms with Gasteiger partial charge in [-0.3, -0.25) is 4.79 Å². The van der Waals surface area contributed by atoms with Crippen LogP contribution in [-0.4, -0.2) is 17.6 Å². The van der Waals surface area contributed by atoms with Gasteiger partial charge in [0, 0.05) is 12.6 Å². The Kier molecular flexibility index (Phi) is 4.93. The van der Waals surface area contributed by atoms with Crippen LogP contribution in [0.15, 0.2) is 48.5 Å². The molecular weight excluding hydrogens is 269 g/mol. The van der Waals surface area contributed by atoms with Crippen molar-refractivity contribution in [3.8, 4) is 5.75 Å². The maximum absolute atomic E-state index is 12.9. The van der Waals surface area contributed by atoms with Gasteiger partial charge in [0.2, 0.25) is 0 Å². The van der Waals surface area contributed by atoms with Crippen LogP contribution in [0.5, 0.6) is 5.75 Å². The Morgan fingerprint density at radius 3 is 2.62 bits per heavy atom. The Morgan fingerprint density at radius 2 is 1.95 bits per heavy atom. The van der Waals surface area contributed by atoms with Crippen LogP contribution in [0, 0.1) is 5.82 Å². The standard InChI is InChI=1S/C17H18FNO2/c1-12(13-5-3-2-4-6-13)9-10-19-17(21)15-8-7-14(18)11-16(15)20/h2-8,11-12,20H,9-10H2,1H3,(H,19,21). The van der Waals surface area contributed by atoms with Gasteiger partial charge in [-0.15, -0.1) is 0 Å². The number of halogens is 1. The number of hydrogen-bond acceptors (Lipinski definition) is 2. The summed E-state index contributed by atoms with van der Waals surface area (Å²) in [6, 6.07) is 13.4. The maximum atomic E-state index is 12.9. The molecule has 0 saturated carbocycles. The molecule has 1 unspecified atom stereocenters. The number of nitrogens with one attached hydrogen (secondary N) is 1. The second-order valence-corrected chi connectivity index (χ2v) is 5.02. The molecular formula is C17H18FNO2. The Morgan fingerprint density at radius 1 is 1.24 bits per heavy atom. The average Bonchev–Trinajstić information content (AvgIpc) is 2.47. The zero-order valence-electron chi connectivity index (χ0n) is 11.8. The SMILES string of the molecule is CC(CCNC(=O)c1ccc(F)cc1O)c1ccccc1. The van der Waals surface area contributed by atoms with E-state index in [0.717, 1.165) is 18.6 Å². The lowest BCUT2D eigenvalue weighted by Crippen LogP contribution is -2.25. The smallest absolute Gasteiger partial charge is 0.255 e. The lowest BCUT2D eigenvalue weighted by atomic mass is 9.98. The second kappa shape index (κ2) is 6.88. The predicted octanol–water partition coefficient (Wildman–Crippen LogP) is 3.45. The van der Waals surface area contributed by atoms with Crippen molar-refractivity contribution in [2.24, 2.45) is 0 Å². The van der Waals surface area contributed by atoms with Gasteiger partial charge in [-0.25, -0.2) is 4.39 Å². The van der Waals surface area contributed by atoms with E-state index in [0.29, 0.717) is 12.5 Å². The van der Waals surface area contributed by atoms with Crippen LogP contribution in [0.3, 0.4) is 0 Å². The molecule has 21 heavy (non-hydrogen) atoms. The number of amides is 1. The monoisotopic (exact) mass is 287 g/mol. The van der Waals surface area contributed by atoms with E-state index >= 15 is 0 Å². The zero-order chi connectivity index (χ0) is 15.2. The number of phenolic OH excluding ortho intramolecular Hbond substituents is 1. The third kappa shape index (κ3) is 4.05. The number of carbonyl (C=O) groups is 1.